The van der Waals surface area contributed by atoms with Gasteiger partial charge in [0.05, 0.1) is 13.2 Å². The van der Waals surface area contributed by atoms with E-state index in [1.54, 1.807) is 6.92 Å². The predicted octanol–water partition coefficient (Wildman–Crippen LogP) is -0.706. The molecule has 0 bridgehead atoms. The molecule has 1 N–H and O–H groups in total. The summed E-state index contributed by atoms with van der Waals surface area (Å²) < 4.78 is 5.54. The minimum atomic E-state index is -0.860. The average Bonchev–Trinajstić information content (AvgIpc) is 2.22. The van der Waals surface area contributed by atoms with Gasteiger partial charge in [-0.2, -0.15) is 5.10 Å². The van der Waals surface area contributed by atoms with E-state index >= 15 is 0 Å². The molecule has 0 aromatic carbocycles. The molecule has 0 saturated carbocycles. The molecule has 0 atom stereocenters. The van der Waals surface area contributed by atoms with Gasteiger partial charge in [0.1, 0.15) is 0 Å². The van der Waals surface area contributed by atoms with Crippen LogP contribution in [0.25, 0.3) is 0 Å². The Bertz CT molecular complexity index is 514. The number of aromatic nitrogens is 3. The maximum absolute atomic E-state index is 11.3. The van der Waals surface area contributed by atoms with E-state index in [2.05, 4.69) is 16.4 Å². The number of allylic oxidation sites excluding steroid dienone is 1. The summed E-state index contributed by atoms with van der Waals surface area (Å²) in [6.45, 7) is 5.25. The summed E-state index contributed by atoms with van der Waals surface area (Å²) >= 11 is 0. The van der Waals surface area contributed by atoms with E-state index in [0.717, 1.165) is 4.68 Å². The minimum Gasteiger partial charge on any atom is -0.461 e. The summed E-state index contributed by atoms with van der Waals surface area (Å²) in [5, 5.41) is 3.59. The van der Waals surface area contributed by atoms with Crippen molar-refractivity contribution in [3.63, 3.8) is 0 Å². The molecule has 7 nitrogen and oxygen atoms in total. The Hall–Kier alpha value is -2.18. The van der Waals surface area contributed by atoms with Gasteiger partial charge in [0.15, 0.2) is 0 Å². The van der Waals surface area contributed by atoms with Gasteiger partial charge in [0.25, 0.3) is 5.56 Å². The Morgan fingerprint density at radius 2 is 2.31 bits per heavy atom. The number of nitrogens with one attached hydrogen (secondary N) is 1. The molecule has 1 aromatic rings. The molecule has 1 aromatic heterocycles. The molecule has 0 fully saturated rings. The summed E-state index contributed by atoms with van der Waals surface area (Å²) in [4.78, 5) is 35.7. The molecule has 7 heteroatoms. The summed E-state index contributed by atoms with van der Waals surface area (Å²) in [5.41, 5.74) is -2.00. The number of carbonyl (C=O) groups excluding carboxylic acids is 1. The van der Waals surface area contributed by atoms with Crippen LogP contribution in [0.2, 0.25) is 0 Å². The van der Waals surface area contributed by atoms with Gasteiger partial charge >= 0.3 is 11.7 Å². The van der Waals surface area contributed by atoms with Crippen molar-refractivity contribution >= 4 is 5.97 Å². The van der Waals surface area contributed by atoms with Gasteiger partial charge < -0.3 is 4.74 Å². The van der Waals surface area contributed by atoms with Gasteiger partial charge in [-0.3, -0.25) is 9.78 Å². The van der Waals surface area contributed by atoms with Crippen LogP contribution in [-0.2, 0) is 11.3 Å². The van der Waals surface area contributed by atoms with Crippen LogP contribution in [0.3, 0.4) is 0 Å². The third-order valence-electron chi connectivity index (χ3n) is 1.66. The first-order valence-corrected chi connectivity index (χ1v) is 4.59. The van der Waals surface area contributed by atoms with E-state index in [-0.39, 0.29) is 13.2 Å². The first kappa shape index (κ1) is 11.9. The fraction of sp³-hybridized carbons (Fsp3) is 0.333. The highest BCUT2D eigenvalue weighted by Gasteiger charge is 2.15. The zero-order valence-corrected chi connectivity index (χ0v) is 8.73. The molecule has 0 spiro atoms. The zero-order chi connectivity index (χ0) is 12.1. The maximum Gasteiger partial charge on any atom is 0.364 e. The smallest absolute Gasteiger partial charge is 0.364 e. The lowest BCUT2D eigenvalue weighted by atomic mass is 10.4. The molecule has 0 amide bonds. The van der Waals surface area contributed by atoms with Crippen LogP contribution >= 0.6 is 0 Å². The Kier molecular flexibility index (Phi) is 3.76. The van der Waals surface area contributed by atoms with E-state index < -0.39 is 22.9 Å². The Balaban J connectivity index is 3.24. The van der Waals surface area contributed by atoms with Crippen LogP contribution in [0.5, 0.6) is 0 Å². The minimum absolute atomic E-state index is 0.0992. The largest absolute Gasteiger partial charge is 0.461 e. The van der Waals surface area contributed by atoms with Gasteiger partial charge in [-0.15, -0.1) is 6.58 Å². The lowest BCUT2D eigenvalue weighted by Gasteiger charge is -2.03. The van der Waals surface area contributed by atoms with Crippen molar-refractivity contribution in [2.24, 2.45) is 0 Å². The van der Waals surface area contributed by atoms with Crippen molar-refractivity contribution in [3.8, 4) is 0 Å². The quantitative estimate of drug-likeness (QED) is 0.539. The number of nitrogens with zero attached hydrogens (tertiary/aromatic N) is 2. The van der Waals surface area contributed by atoms with E-state index in [1.165, 1.54) is 6.08 Å². The third kappa shape index (κ3) is 2.44. The fourth-order valence-corrected chi connectivity index (χ4v) is 1.01. The van der Waals surface area contributed by atoms with Crippen LogP contribution in [0.1, 0.15) is 17.4 Å². The lowest BCUT2D eigenvalue weighted by Crippen LogP contribution is -2.36. The monoisotopic (exact) mass is 225 g/mol. The summed E-state index contributed by atoms with van der Waals surface area (Å²) in [6, 6.07) is 0. The standard InChI is InChI=1S/C9H11N3O4/c1-3-5-12-9(15)10-7(13)6(11-12)8(14)16-4-2/h3H,1,4-5H2,2H3,(H,10,13,15). The molecule has 0 aliphatic carbocycles. The first-order valence-electron chi connectivity index (χ1n) is 4.59. The van der Waals surface area contributed by atoms with Crippen LogP contribution < -0.4 is 11.2 Å². The van der Waals surface area contributed by atoms with E-state index in [9.17, 15) is 14.4 Å². The van der Waals surface area contributed by atoms with Crippen LogP contribution in [0.15, 0.2) is 22.2 Å². The van der Waals surface area contributed by atoms with E-state index in [4.69, 9.17) is 0 Å². The highest BCUT2D eigenvalue weighted by atomic mass is 16.5. The molecule has 1 rings (SSSR count). The second-order valence-corrected chi connectivity index (χ2v) is 2.80. The number of ether oxygens (including phenoxy) is 1. The molecular weight excluding hydrogens is 214 g/mol. The second-order valence-electron chi connectivity index (χ2n) is 2.80. The van der Waals surface area contributed by atoms with Crippen LogP contribution in [0, 0.1) is 0 Å². The highest BCUT2D eigenvalue weighted by molar-refractivity contribution is 5.86. The molecule has 86 valence electrons. The van der Waals surface area contributed by atoms with Crippen molar-refractivity contribution in [1.29, 1.82) is 0 Å². The van der Waals surface area contributed by atoms with Crippen molar-refractivity contribution < 1.29 is 9.53 Å². The van der Waals surface area contributed by atoms with Gasteiger partial charge in [0, 0.05) is 0 Å². The fourth-order valence-electron chi connectivity index (χ4n) is 1.01. The second kappa shape index (κ2) is 5.06. The topological polar surface area (TPSA) is 94.1 Å². The van der Waals surface area contributed by atoms with Gasteiger partial charge in [-0.1, -0.05) is 6.08 Å². The van der Waals surface area contributed by atoms with Gasteiger partial charge in [0.2, 0.25) is 5.69 Å². The number of H-pyrrole nitrogens is 1. The highest BCUT2D eigenvalue weighted by Crippen LogP contribution is 1.88. The van der Waals surface area contributed by atoms with E-state index in [0.29, 0.717) is 0 Å². The molecule has 1 heterocycles. The van der Waals surface area contributed by atoms with Crippen LogP contribution in [-0.4, -0.2) is 27.3 Å². The molecule has 16 heavy (non-hydrogen) atoms. The summed E-state index contributed by atoms with van der Waals surface area (Å²) in [7, 11) is 0. The molecule has 0 unspecified atom stereocenters. The van der Waals surface area contributed by atoms with Crippen molar-refractivity contribution in [2.75, 3.05) is 6.61 Å². The third-order valence-corrected chi connectivity index (χ3v) is 1.66. The maximum atomic E-state index is 11.3. The zero-order valence-electron chi connectivity index (χ0n) is 8.73. The number of hydrogen-bond acceptors (Lipinski definition) is 5. The Morgan fingerprint density at radius 1 is 1.62 bits per heavy atom. The number of esters is 1. The molecule has 0 radical (unpaired) electrons. The number of hydrogen-bond donors (Lipinski definition) is 1. The van der Waals surface area contributed by atoms with E-state index in [1.807, 2.05) is 4.98 Å². The molecule has 0 saturated heterocycles. The van der Waals surface area contributed by atoms with Crippen LogP contribution in [0.4, 0.5) is 0 Å². The normalized spacial score (nSPS) is 9.81. The summed E-state index contributed by atoms with van der Waals surface area (Å²) in [5.74, 6) is -0.860. The van der Waals surface area contributed by atoms with Gasteiger partial charge in [-0.25, -0.2) is 14.3 Å². The van der Waals surface area contributed by atoms with Crippen molar-refractivity contribution in [2.45, 2.75) is 13.5 Å². The molecule has 0 aliphatic rings. The number of rotatable bonds is 4. The average molecular weight is 225 g/mol. The Morgan fingerprint density at radius 3 is 2.88 bits per heavy atom. The molecule has 0 aliphatic heterocycles. The van der Waals surface area contributed by atoms with Crippen molar-refractivity contribution in [1.82, 2.24) is 14.8 Å². The predicted molar refractivity (Wildman–Crippen MR) is 55.3 cm³/mol. The van der Waals surface area contributed by atoms with Gasteiger partial charge in [-0.05, 0) is 6.92 Å². The first-order chi connectivity index (χ1) is 7.60. The van der Waals surface area contributed by atoms with Crippen molar-refractivity contribution in [3.05, 3.63) is 39.2 Å². The Labute approximate surface area is 90.4 Å². The summed E-state index contributed by atoms with van der Waals surface area (Å²) in [6.07, 6.45) is 1.42. The lowest BCUT2D eigenvalue weighted by molar-refractivity contribution is 0.0513. The molecular formula is C9H11N3O4. The number of carbonyl (C=O) groups is 1. The number of aromatic amines is 1. The SMILES string of the molecule is C=CCn1nc(C(=O)OCC)c(=O)[nH]c1=O.